The summed E-state index contributed by atoms with van der Waals surface area (Å²) in [5, 5.41) is 11.3. The van der Waals surface area contributed by atoms with Crippen LogP contribution in [-0.4, -0.2) is 27.3 Å². The number of aliphatic imine (C=N–C) groups is 1. The Morgan fingerprint density at radius 2 is 1.89 bits per heavy atom. The van der Waals surface area contributed by atoms with Gasteiger partial charge < -0.3 is 10.6 Å². The Hall–Kier alpha value is -3.15. The van der Waals surface area contributed by atoms with E-state index < -0.39 is 0 Å². The van der Waals surface area contributed by atoms with Crippen LogP contribution in [0, 0.1) is 20.8 Å². The first-order chi connectivity index (χ1) is 13.6. The molecule has 146 valence electrons. The number of hydrogen-bond donors (Lipinski definition) is 2. The predicted molar refractivity (Wildman–Crippen MR) is 114 cm³/mol. The lowest BCUT2D eigenvalue weighted by Crippen LogP contribution is -2.37. The monoisotopic (exact) mass is 376 g/mol. The number of aryl methyl sites for hydroxylation is 3. The molecule has 0 radical (unpaired) electrons. The van der Waals surface area contributed by atoms with Crippen LogP contribution in [0.15, 0.2) is 53.7 Å². The number of nitrogens with zero attached hydrogens (tertiary/aromatic N) is 4. The van der Waals surface area contributed by atoms with Gasteiger partial charge in [0.25, 0.3) is 0 Å². The van der Waals surface area contributed by atoms with Gasteiger partial charge in [0.05, 0.1) is 30.2 Å². The minimum Gasteiger partial charge on any atom is -0.357 e. The zero-order valence-electron chi connectivity index (χ0n) is 17.0. The Morgan fingerprint density at radius 1 is 1.07 bits per heavy atom. The topological polar surface area (TPSA) is 67.1 Å². The first-order valence-electron chi connectivity index (χ1n) is 9.62. The molecule has 2 aromatic heterocycles. The van der Waals surface area contributed by atoms with Gasteiger partial charge in [0.2, 0.25) is 0 Å². The molecule has 0 unspecified atom stereocenters. The van der Waals surface area contributed by atoms with E-state index in [1.165, 1.54) is 5.56 Å². The number of hydrogen-bond acceptors (Lipinski definition) is 3. The Kier molecular flexibility index (Phi) is 6.42. The smallest absolute Gasteiger partial charge is 0.191 e. The highest BCUT2D eigenvalue weighted by Gasteiger charge is 2.09. The summed E-state index contributed by atoms with van der Waals surface area (Å²) < 4.78 is 1.98. The summed E-state index contributed by atoms with van der Waals surface area (Å²) in [7, 11) is 0. The van der Waals surface area contributed by atoms with Crippen LogP contribution in [0.1, 0.15) is 35.1 Å². The van der Waals surface area contributed by atoms with Crippen LogP contribution in [0.25, 0.3) is 5.69 Å². The van der Waals surface area contributed by atoms with Crippen molar-refractivity contribution < 1.29 is 0 Å². The Balaban J connectivity index is 1.78. The van der Waals surface area contributed by atoms with Crippen molar-refractivity contribution in [1.82, 2.24) is 25.4 Å². The van der Waals surface area contributed by atoms with E-state index in [0.717, 1.165) is 40.8 Å². The van der Waals surface area contributed by atoms with Crippen LogP contribution in [0.5, 0.6) is 0 Å². The molecule has 0 saturated carbocycles. The summed E-state index contributed by atoms with van der Waals surface area (Å²) in [4.78, 5) is 9.21. The van der Waals surface area contributed by atoms with Gasteiger partial charge in [0.15, 0.2) is 5.96 Å². The number of nitrogens with one attached hydrogen (secondary N) is 2. The van der Waals surface area contributed by atoms with Crippen LogP contribution < -0.4 is 10.6 Å². The van der Waals surface area contributed by atoms with Crippen molar-refractivity contribution in [2.45, 2.75) is 40.8 Å². The summed E-state index contributed by atoms with van der Waals surface area (Å²) in [5.41, 5.74) is 6.51. The number of aromatic nitrogens is 3. The largest absolute Gasteiger partial charge is 0.357 e. The van der Waals surface area contributed by atoms with Gasteiger partial charge in [-0.1, -0.05) is 24.3 Å². The predicted octanol–water partition coefficient (Wildman–Crippen LogP) is 3.45. The Labute approximate surface area is 166 Å². The lowest BCUT2D eigenvalue weighted by Gasteiger charge is -2.13. The second-order valence-corrected chi connectivity index (χ2v) is 6.78. The van der Waals surface area contributed by atoms with Crippen molar-refractivity contribution >= 4 is 5.96 Å². The molecule has 2 heterocycles. The minimum absolute atomic E-state index is 0.561. The lowest BCUT2D eigenvalue weighted by atomic mass is 10.2. The number of para-hydroxylation sites is 1. The highest BCUT2D eigenvalue weighted by atomic mass is 15.3. The fourth-order valence-corrected chi connectivity index (χ4v) is 3.10. The van der Waals surface area contributed by atoms with Crippen LogP contribution in [-0.2, 0) is 13.1 Å². The molecule has 0 fully saturated rings. The van der Waals surface area contributed by atoms with E-state index in [9.17, 15) is 0 Å². The molecule has 0 aliphatic rings. The summed E-state index contributed by atoms with van der Waals surface area (Å²) in [6.45, 7) is 10.2. The van der Waals surface area contributed by atoms with E-state index >= 15 is 0 Å². The van der Waals surface area contributed by atoms with Gasteiger partial charge in [0, 0.05) is 18.4 Å². The van der Waals surface area contributed by atoms with E-state index in [1.54, 1.807) is 0 Å². The molecule has 6 nitrogen and oxygen atoms in total. The zero-order valence-corrected chi connectivity index (χ0v) is 17.0. The second-order valence-electron chi connectivity index (χ2n) is 6.78. The highest BCUT2D eigenvalue weighted by Crippen LogP contribution is 2.17. The van der Waals surface area contributed by atoms with E-state index in [-0.39, 0.29) is 0 Å². The molecule has 3 aromatic rings. The quantitative estimate of drug-likeness (QED) is 0.511. The third kappa shape index (κ3) is 4.76. The van der Waals surface area contributed by atoms with E-state index in [1.807, 2.05) is 36.0 Å². The van der Waals surface area contributed by atoms with Crippen molar-refractivity contribution in [3.8, 4) is 5.69 Å². The highest BCUT2D eigenvalue weighted by molar-refractivity contribution is 5.79. The van der Waals surface area contributed by atoms with E-state index in [4.69, 9.17) is 4.99 Å². The van der Waals surface area contributed by atoms with Crippen molar-refractivity contribution in [1.29, 1.82) is 0 Å². The minimum atomic E-state index is 0.561. The normalized spacial score (nSPS) is 11.5. The Morgan fingerprint density at radius 3 is 2.61 bits per heavy atom. The number of guanidine groups is 1. The molecule has 0 aliphatic heterocycles. The second kappa shape index (κ2) is 9.17. The molecule has 0 amide bonds. The van der Waals surface area contributed by atoms with Crippen LogP contribution in [0.2, 0.25) is 0 Å². The van der Waals surface area contributed by atoms with Crippen molar-refractivity contribution in [2.24, 2.45) is 4.99 Å². The Bertz CT molecular complexity index is 957. The van der Waals surface area contributed by atoms with Gasteiger partial charge in [-0.05, 0) is 57.0 Å². The number of benzene rings is 1. The van der Waals surface area contributed by atoms with Crippen LogP contribution in [0.4, 0.5) is 0 Å². The summed E-state index contributed by atoms with van der Waals surface area (Å²) in [5.74, 6) is 0.774. The molecular weight excluding hydrogens is 348 g/mol. The molecule has 0 bridgehead atoms. The fraction of sp³-hybridized carbons (Fsp3) is 0.318. The zero-order chi connectivity index (χ0) is 19.9. The molecule has 0 spiro atoms. The summed E-state index contributed by atoms with van der Waals surface area (Å²) in [6.07, 6.45) is 1.82. The SMILES string of the molecule is CCNC(=NCc1ccccc1-n1nc(C)cc1C)NCc1ncccc1C. The van der Waals surface area contributed by atoms with Crippen molar-refractivity contribution in [2.75, 3.05) is 6.54 Å². The van der Waals surface area contributed by atoms with Gasteiger partial charge >= 0.3 is 0 Å². The molecule has 28 heavy (non-hydrogen) atoms. The van der Waals surface area contributed by atoms with Gasteiger partial charge in [-0.25, -0.2) is 9.67 Å². The van der Waals surface area contributed by atoms with Gasteiger partial charge in [-0.2, -0.15) is 5.10 Å². The number of rotatable bonds is 6. The maximum atomic E-state index is 4.78. The average Bonchev–Trinajstić information content (AvgIpc) is 3.03. The first kappa shape index (κ1) is 19.6. The van der Waals surface area contributed by atoms with Crippen molar-refractivity contribution in [3.05, 3.63) is 76.9 Å². The third-order valence-corrected chi connectivity index (χ3v) is 4.52. The summed E-state index contributed by atoms with van der Waals surface area (Å²) in [6, 6.07) is 14.4. The maximum Gasteiger partial charge on any atom is 0.191 e. The summed E-state index contributed by atoms with van der Waals surface area (Å²) >= 11 is 0. The average molecular weight is 377 g/mol. The van der Waals surface area contributed by atoms with Gasteiger partial charge in [0.1, 0.15) is 0 Å². The van der Waals surface area contributed by atoms with E-state index in [2.05, 4.69) is 65.8 Å². The molecule has 0 saturated heterocycles. The molecule has 0 aliphatic carbocycles. The molecule has 6 heteroatoms. The molecular formula is C22H28N6. The van der Waals surface area contributed by atoms with Crippen LogP contribution >= 0.6 is 0 Å². The van der Waals surface area contributed by atoms with Gasteiger partial charge in [-0.3, -0.25) is 4.98 Å². The lowest BCUT2D eigenvalue weighted by molar-refractivity contribution is 0.788. The molecule has 3 rings (SSSR count). The van der Waals surface area contributed by atoms with Gasteiger partial charge in [-0.15, -0.1) is 0 Å². The number of pyridine rings is 1. The van der Waals surface area contributed by atoms with Crippen LogP contribution in [0.3, 0.4) is 0 Å². The van der Waals surface area contributed by atoms with Crippen molar-refractivity contribution in [3.63, 3.8) is 0 Å². The first-order valence-corrected chi connectivity index (χ1v) is 9.62. The van der Waals surface area contributed by atoms with E-state index in [0.29, 0.717) is 13.1 Å². The standard InChI is InChI=1S/C22H28N6/c1-5-23-22(26-15-20-16(2)9-8-12-24-20)25-14-19-10-6-7-11-21(19)28-18(4)13-17(3)27-28/h6-13H,5,14-15H2,1-4H3,(H2,23,25,26). The third-order valence-electron chi connectivity index (χ3n) is 4.52. The molecule has 0 atom stereocenters. The fourth-order valence-electron chi connectivity index (χ4n) is 3.10. The molecule has 2 N–H and O–H groups in total. The maximum absolute atomic E-state index is 4.78. The molecule has 1 aromatic carbocycles.